The molecule has 1 aromatic carbocycles. The first-order chi connectivity index (χ1) is 12.1. The summed E-state index contributed by atoms with van der Waals surface area (Å²) >= 11 is 12.6. The van der Waals surface area contributed by atoms with Crippen molar-refractivity contribution in [3.8, 4) is 0 Å². The molecule has 0 aliphatic rings. The molecule has 0 bridgehead atoms. The molecular weight excluding hydrogens is 423 g/mol. The van der Waals surface area contributed by atoms with E-state index < -0.39 is 28.4 Å². The molecule has 2 rings (SSSR count). The van der Waals surface area contributed by atoms with Gasteiger partial charge in [0.25, 0.3) is 10.0 Å². The van der Waals surface area contributed by atoms with Crippen LogP contribution in [-0.4, -0.2) is 45.3 Å². The second-order valence-electron chi connectivity index (χ2n) is 5.05. The van der Waals surface area contributed by atoms with Crippen LogP contribution in [0.1, 0.15) is 10.4 Å². The van der Waals surface area contributed by atoms with Crippen molar-refractivity contribution in [2.24, 2.45) is 0 Å². The van der Waals surface area contributed by atoms with E-state index in [0.717, 1.165) is 15.6 Å². The zero-order valence-corrected chi connectivity index (χ0v) is 16.8. The third-order valence-electron chi connectivity index (χ3n) is 3.23. The van der Waals surface area contributed by atoms with Crippen LogP contribution < -0.4 is 5.32 Å². The zero-order chi connectivity index (χ0) is 19.5. The van der Waals surface area contributed by atoms with Gasteiger partial charge in [-0.25, -0.2) is 13.2 Å². The molecule has 26 heavy (non-hydrogen) atoms. The van der Waals surface area contributed by atoms with Crippen molar-refractivity contribution in [2.45, 2.75) is 4.21 Å². The summed E-state index contributed by atoms with van der Waals surface area (Å²) < 4.78 is 30.6. The van der Waals surface area contributed by atoms with Gasteiger partial charge in [-0.05, 0) is 30.3 Å². The number of anilines is 1. The fourth-order valence-corrected chi connectivity index (χ4v) is 4.96. The highest BCUT2D eigenvalue weighted by Gasteiger charge is 2.25. The lowest BCUT2D eigenvalue weighted by molar-refractivity contribution is -0.116. The van der Waals surface area contributed by atoms with Crippen LogP contribution >= 0.6 is 34.5 Å². The largest absolute Gasteiger partial charge is 0.465 e. The lowest BCUT2D eigenvalue weighted by Crippen LogP contribution is -2.34. The van der Waals surface area contributed by atoms with Crippen LogP contribution in [0, 0.1) is 0 Å². The van der Waals surface area contributed by atoms with Crippen LogP contribution in [0.25, 0.3) is 0 Å². The van der Waals surface area contributed by atoms with Gasteiger partial charge in [0.1, 0.15) is 4.21 Å². The summed E-state index contributed by atoms with van der Waals surface area (Å²) in [5, 5.41) is 2.68. The molecule has 0 atom stereocenters. The van der Waals surface area contributed by atoms with E-state index in [0.29, 0.717) is 4.34 Å². The minimum Gasteiger partial charge on any atom is -0.465 e. The molecule has 0 saturated carbocycles. The molecule has 1 heterocycles. The third-order valence-corrected chi connectivity index (χ3v) is 7.07. The number of halogens is 2. The van der Waals surface area contributed by atoms with E-state index in [-0.39, 0.29) is 20.5 Å². The van der Waals surface area contributed by atoms with Gasteiger partial charge in [0.2, 0.25) is 5.91 Å². The van der Waals surface area contributed by atoms with Crippen LogP contribution in [0.4, 0.5) is 5.69 Å². The van der Waals surface area contributed by atoms with Gasteiger partial charge in [-0.15, -0.1) is 11.3 Å². The van der Waals surface area contributed by atoms with Gasteiger partial charge in [-0.3, -0.25) is 4.79 Å². The van der Waals surface area contributed by atoms with E-state index in [1.807, 2.05) is 0 Å². The molecule has 11 heteroatoms. The van der Waals surface area contributed by atoms with E-state index in [4.69, 9.17) is 23.2 Å². The second-order valence-corrected chi connectivity index (χ2v) is 9.45. The molecule has 7 nitrogen and oxygen atoms in total. The highest BCUT2D eigenvalue weighted by Crippen LogP contribution is 2.27. The van der Waals surface area contributed by atoms with Crippen molar-refractivity contribution in [3.63, 3.8) is 0 Å². The second kappa shape index (κ2) is 8.36. The molecular formula is C15H14Cl2N2O5S2. The number of esters is 1. The van der Waals surface area contributed by atoms with Crippen LogP contribution in [0.15, 0.2) is 34.5 Å². The number of benzene rings is 1. The number of ether oxygens (including phenoxy) is 1. The number of amides is 1. The minimum atomic E-state index is -3.83. The Hall–Kier alpha value is -1.65. The molecule has 1 N–H and O–H groups in total. The Bertz CT molecular complexity index is 943. The fourth-order valence-electron chi connectivity index (χ4n) is 1.95. The maximum Gasteiger partial charge on any atom is 0.339 e. The maximum atomic E-state index is 12.4. The number of thiophene rings is 1. The highest BCUT2D eigenvalue weighted by atomic mass is 35.5. The smallest absolute Gasteiger partial charge is 0.339 e. The van der Waals surface area contributed by atoms with Crippen LogP contribution in [-0.2, 0) is 19.6 Å². The van der Waals surface area contributed by atoms with Gasteiger partial charge < -0.3 is 10.1 Å². The summed E-state index contributed by atoms with van der Waals surface area (Å²) in [6.07, 6.45) is 0. The Balaban J connectivity index is 2.10. The van der Waals surface area contributed by atoms with E-state index in [1.54, 1.807) is 0 Å². The standard InChI is InChI=1S/C15H14Cl2N2O5S2/c1-19(26(22,23)14-6-5-12(17)25-14)8-13(20)18-9-3-4-11(16)10(7-9)15(21)24-2/h3-7H,8H2,1-2H3,(H,18,20). The fraction of sp³-hybridized carbons (Fsp3) is 0.200. The summed E-state index contributed by atoms with van der Waals surface area (Å²) in [5.41, 5.74) is 0.367. The monoisotopic (exact) mass is 436 g/mol. The number of hydrogen-bond acceptors (Lipinski definition) is 6. The van der Waals surface area contributed by atoms with Gasteiger partial charge in [0.05, 0.1) is 28.6 Å². The number of nitrogens with one attached hydrogen (secondary N) is 1. The number of methoxy groups -OCH3 is 1. The average Bonchev–Trinajstić information content (AvgIpc) is 3.03. The lowest BCUT2D eigenvalue weighted by Gasteiger charge is -2.16. The van der Waals surface area contributed by atoms with Gasteiger partial charge in [0, 0.05) is 12.7 Å². The Labute approximate surface area is 164 Å². The number of sulfonamides is 1. The molecule has 0 fully saturated rings. The van der Waals surface area contributed by atoms with Crippen LogP contribution in [0.3, 0.4) is 0 Å². The molecule has 0 saturated heterocycles. The Morgan fingerprint density at radius 3 is 2.50 bits per heavy atom. The predicted molar refractivity (Wildman–Crippen MR) is 101 cm³/mol. The van der Waals surface area contributed by atoms with Crippen LogP contribution in [0.5, 0.6) is 0 Å². The first-order valence-electron chi connectivity index (χ1n) is 7.04. The molecule has 1 aromatic heterocycles. The van der Waals surface area contributed by atoms with Crippen molar-refractivity contribution in [3.05, 3.63) is 45.3 Å². The molecule has 0 radical (unpaired) electrons. The van der Waals surface area contributed by atoms with E-state index in [9.17, 15) is 18.0 Å². The molecule has 0 aliphatic carbocycles. The van der Waals surface area contributed by atoms with E-state index in [1.165, 1.54) is 44.5 Å². The van der Waals surface area contributed by atoms with E-state index >= 15 is 0 Å². The topological polar surface area (TPSA) is 92.8 Å². The summed E-state index contributed by atoms with van der Waals surface area (Å²) in [7, 11) is -1.34. The van der Waals surface area contributed by atoms with Gasteiger partial charge in [-0.2, -0.15) is 4.31 Å². The number of carbonyl (C=O) groups excluding carboxylic acids is 2. The normalized spacial score (nSPS) is 11.4. The van der Waals surface area contributed by atoms with Crippen molar-refractivity contribution in [2.75, 3.05) is 26.0 Å². The number of rotatable bonds is 6. The van der Waals surface area contributed by atoms with Crippen molar-refractivity contribution >= 4 is 62.1 Å². The number of hydrogen-bond donors (Lipinski definition) is 1. The molecule has 1 amide bonds. The van der Waals surface area contributed by atoms with Crippen molar-refractivity contribution in [1.82, 2.24) is 4.31 Å². The summed E-state index contributed by atoms with van der Waals surface area (Å²) in [5.74, 6) is -1.24. The third kappa shape index (κ3) is 4.74. The SMILES string of the molecule is COC(=O)c1cc(NC(=O)CN(C)S(=O)(=O)c2ccc(Cl)s2)ccc1Cl. The summed E-state index contributed by atoms with van der Waals surface area (Å²) in [6, 6.07) is 7.10. The summed E-state index contributed by atoms with van der Waals surface area (Å²) in [6.45, 7) is -0.423. The van der Waals surface area contributed by atoms with Crippen LogP contribution in [0.2, 0.25) is 9.36 Å². The maximum absolute atomic E-state index is 12.4. The molecule has 0 unspecified atom stereocenters. The first-order valence-corrected chi connectivity index (χ1v) is 10.1. The molecule has 0 aliphatic heterocycles. The number of carbonyl (C=O) groups is 2. The summed E-state index contributed by atoms with van der Waals surface area (Å²) in [4.78, 5) is 23.8. The highest BCUT2D eigenvalue weighted by molar-refractivity contribution is 7.91. The zero-order valence-electron chi connectivity index (χ0n) is 13.7. The van der Waals surface area contributed by atoms with Gasteiger partial charge in [-0.1, -0.05) is 23.2 Å². The van der Waals surface area contributed by atoms with Gasteiger partial charge in [0.15, 0.2) is 0 Å². The minimum absolute atomic E-state index is 0.0391. The Kier molecular flexibility index (Phi) is 6.64. The average molecular weight is 437 g/mol. The number of nitrogens with zero attached hydrogens (tertiary/aromatic N) is 1. The van der Waals surface area contributed by atoms with E-state index in [2.05, 4.69) is 10.1 Å². The predicted octanol–water partition coefficient (Wildman–Crippen LogP) is 3.10. The Morgan fingerprint density at radius 1 is 1.23 bits per heavy atom. The molecule has 140 valence electrons. The van der Waals surface area contributed by atoms with Crippen molar-refractivity contribution in [1.29, 1.82) is 0 Å². The molecule has 2 aromatic rings. The molecule has 0 spiro atoms. The number of likely N-dealkylation sites (N-methyl/N-ethyl adjacent to an activating group) is 1. The first kappa shape index (κ1) is 20.7. The van der Waals surface area contributed by atoms with Crippen molar-refractivity contribution < 1.29 is 22.7 Å². The Morgan fingerprint density at radius 2 is 1.92 bits per heavy atom. The quantitative estimate of drug-likeness (QED) is 0.702. The lowest BCUT2D eigenvalue weighted by atomic mass is 10.2. The van der Waals surface area contributed by atoms with Gasteiger partial charge >= 0.3 is 5.97 Å².